The molecule has 0 radical (unpaired) electrons. The molecule has 1 saturated heterocycles. The first-order chi connectivity index (χ1) is 11.1. The largest absolute Gasteiger partial charge is 0.490 e. The molecule has 0 bridgehead atoms. The van der Waals surface area contributed by atoms with E-state index < -0.39 is 30.1 Å². The topological polar surface area (TPSA) is 25.4 Å². The highest BCUT2D eigenvalue weighted by Crippen LogP contribution is 2.45. The Bertz CT molecular complexity index is 617. The van der Waals surface area contributed by atoms with Crippen molar-refractivity contribution in [3.63, 3.8) is 0 Å². The molecule has 0 N–H and O–H groups in total. The van der Waals surface area contributed by atoms with Crippen molar-refractivity contribution in [3.8, 4) is 5.75 Å². The normalized spacial score (nSPS) is 26.4. The third-order valence-corrected chi connectivity index (χ3v) is 4.84. The van der Waals surface area contributed by atoms with E-state index in [-0.39, 0.29) is 36.6 Å². The summed E-state index contributed by atoms with van der Waals surface area (Å²) in [6.07, 6.45) is -3.11. The predicted molar refractivity (Wildman–Crippen MR) is 78.4 cm³/mol. The van der Waals surface area contributed by atoms with Gasteiger partial charge in [0.05, 0.1) is 18.7 Å². The summed E-state index contributed by atoms with van der Waals surface area (Å²) < 4.78 is 72.9. The number of anilines is 1. The van der Waals surface area contributed by atoms with Crippen LogP contribution >= 0.6 is 0 Å². The van der Waals surface area contributed by atoms with E-state index >= 15 is 0 Å². The van der Waals surface area contributed by atoms with Gasteiger partial charge in [0.1, 0.15) is 0 Å². The van der Waals surface area contributed by atoms with Crippen molar-refractivity contribution < 1.29 is 26.7 Å². The molecule has 0 amide bonds. The van der Waals surface area contributed by atoms with Gasteiger partial charge in [-0.05, 0) is 18.4 Å². The molecule has 1 aromatic heterocycles. The Morgan fingerprint density at radius 3 is 2.67 bits per heavy atom. The van der Waals surface area contributed by atoms with Crippen LogP contribution in [0.15, 0.2) is 12.3 Å². The lowest BCUT2D eigenvalue weighted by atomic mass is 9.79. The van der Waals surface area contributed by atoms with Gasteiger partial charge in [-0.15, -0.1) is 0 Å². The molecular weight excluding hydrogens is 331 g/mol. The van der Waals surface area contributed by atoms with Crippen molar-refractivity contribution in [3.05, 3.63) is 17.8 Å². The number of nitrogens with zero attached hydrogens (tertiary/aromatic N) is 2. The van der Waals surface area contributed by atoms with Gasteiger partial charge in [0.2, 0.25) is 0 Å². The van der Waals surface area contributed by atoms with Crippen LogP contribution in [0.1, 0.15) is 32.3 Å². The van der Waals surface area contributed by atoms with Gasteiger partial charge in [-0.2, -0.15) is 13.2 Å². The summed E-state index contributed by atoms with van der Waals surface area (Å²) in [5, 5.41) is 0. The van der Waals surface area contributed by atoms with Crippen LogP contribution in [0.4, 0.5) is 27.8 Å². The van der Waals surface area contributed by atoms with Gasteiger partial charge < -0.3 is 9.64 Å². The van der Waals surface area contributed by atoms with Crippen molar-refractivity contribution >= 4 is 5.82 Å². The minimum Gasteiger partial charge on any atom is -0.490 e. The average Bonchev–Trinajstić information content (AvgIpc) is 2.62. The summed E-state index contributed by atoms with van der Waals surface area (Å²) in [6, 6.07) is 0.639. The minimum atomic E-state index is -4.55. The molecule has 1 aromatic rings. The molecule has 1 fully saturated rings. The van der Waals surface area contributed by atoms with Crippen molar-refractivity contribution in [1.82, 2.24) is 4.98 Å². The fourth-order valence-electron chi connectivity index (χ4n) is 3.57. The molecule has 0 aliphatic carbocycles. The van der Waals surface area contributed by atoms with E-state index in [1.54, 1.807) is 13.8 Å². The molecule has 24 heavy (non-hydrogen) atoms. The zero-order valence-electron chi connectivity index (χ0n) is 13.4. The van der Waals surface area contributed by atoms with E-state index in [2.05, 4.69) is 4.98 Å². The zero-order chi connectivity index (χ0) is 17.7. The third kappa shape index (κ3) is 3.02. The van der Waals surface area contributed by atoms with E-state index in [9.17, 15) is 22.0 Å². The lowest BCUT2D eigenvalue weighted by molar-refractivity contribution is -0.137. The van der Waals surface area contributed by atoms with Crippen molar-refractivity contribution in [2.45, 2.75) is 44.8 Å². The van der Waals surface area contributed by atoms with Gasteiger partial charge in [0, 0.05) is 24.6 Å². The van der Waals surface area contributed by atoms with Crippen LogP contribution in [-0.4, -0.2) is 30.1 Å². The molecule has 2 atom stereocenters. The molecule has 3 nitrogen and oxygen atoms in total. The van der Waals surface area contributed by atoms with Gasteiger partial charge in [0.15, 0.2) is 11.6 Å². The summed E-state index contributed by atoms with van der Waals surface area (Å²) in [6.45, 7) is 3.18. The summed E-state index contributed by atoms with van der Waals surface area (Å²) in [5.74, 6) is -3.85. The van der Waals surface area contributed by atoms with Gasteiger partial charge in [-0.25, -0.2) is 13.8 Å². The SMILES string of the molecule is CC(C)C1CC2CCOc3cc(C(F)(F)F)cnc3N2CC1(F)F. The molecule has 2 aliphatic rings. The Balaban J connectivity index is 1.97. The lowest BCUT2D eigenvalue weighted by Crippen LogP contribution is -2.55. The average molecular weight is 350 g/mol. The lowest BCUT2D eigenvalue weighted by Gasteiger charge is -2.45. The maximum absolute atomic E-state index is 14.5. The van der Waals surface area contributed by atoms with Crippen LogP contribution in [0, 0.1) is 11.8 Å². The number of hydrogen-bond donors (Lipinski definition) is 0. The van der Waals surface area contributed by atoms with Crippen molar-refractivity contribution in [1.29, 1.82) is 0 Å². The van der Waals surface area contributed by atoms with Gasteiger partial charge in [-0.1, -0.05) is 13.8 Å². The fraction of sp³-hybridized carbons (Fsp3) is 0.688. The molecule has 3 rings (SSSR count). The van der Waals surface area contributed by atoms with E-state index in [4.69, 9.17) is 4.74 Å². The molecule has 8 heteroatoms. The van der Waals surface area contributed by atoms with E-state index in [1.807, 2.05) is 0 Å². The van der Waals surface area contributed by atoms with Gasteiger partial charge in [-0.3, -0.25) is 0 Å². The highest BCUT2D eigenvalue weighted by Gasteiger charge is 2.50. The smallest absolute Gasteiger partial charge is 0.418 e. The molecule has 134 valence electrons. The van der Waals surface area contributed by atoms with Gasteiger partial charge >= 0.3 is 6.18 Å². The summed E-state index contributed by atoms with van der Waals surface area (Å²) >= 11 is 0. The first-order valence-corrected chi connectivity index (χ1v) is 7.94. The number of fused-ring (bicyclic) bond motifs is 3. The van der Waals surface area contributed by atoms with E-state index in [0.717, 1.165) is 6.07 Å². The quantitative estimate of drug-likeness (QED) is 0.704. The van der Waals surface area contributed by atoms with Crippen molar-refractivity contribution in [2.24, 2.45) is 11.8 Å². The molecular formula is C16H19F5N2O. The minimum absolute atomic E-state index is 0.0763. The number of hydrogen-bond acceptors (Lipinski definition) is 3. The standard InChI is InChI=1S/C16H19F5N2O/c1-9(2)12-6-11-3-4-24-13-5-10(16(19,20)21)7-22-14(13)23(11)8-15(12,17)18/h5,7,9,11-12H,3-4,6,8H2,1-2H3. The first kappa shape index (κ1) is 17.2. The number of aromatic nitrogens is 1. The Morgan fingerprint density at radius 1 is 1.33 bits per heavy atom. The van der Waals surface area contributed by atoms with E-state index in [1.165, 1.54) is 4.90 Å². The first-order valence-electron chi connectivity index (χ1n) is 7.94. The molecule has 0 aromatic carbocycles. The molecule has 0 spiro atoms. The summed E-state index contributed by atoms with van der Waals surface area (Å²) in [5.41, 5.74) is -0.941. The van der Waals surface area contributed by atoms with Crippen LogP contribution in [0.5, 0.6) is 5.75 Å². The van der Waals surface area contributed by atoms with E-state index in [0.29, 0.717) is 12.6 Å². The monoisotopic (exact) mass is 350 g/mol. The Labute approximate surface area is 136 Å². The third-order valence-electron chi connectivity index (χ3n) is 4.84. The zero-order valence-corrected chi connectivity index (χ0v) is 13.4. The predicted octanol–water partition coefficient (Wildman–Crippen LogP) is 4.37. The maximum Gasteiger partial charge on any atom is 0.418 e. The highest BCUT2D eigenvalue weighted by atomic mass is 19.4. The second kappa shape index (κ2) is 5.74. The second-order valence-electron chi connectivity index (χ2n) is 6.81. The van der Waals surface area contributed by atoms with Gasteiger partial charge in [0.25, 0.3) is 5.92 Å². The Kier molecular flexibility index (Phi) is 4.12. The Morgan fingerprint density at radius 2 is 2.04 bits per heavy atom. The number of piperidine rings is 1. The summed E-state index contributed by atoms with van der Waals surface area (Å²) in [7, 11) is 0. The van der Waals surface area contributed by atoms with Crippen LogP contribution in [-0.2, 0) is 6.18 Å². The molecule has 3 heterocycles. The van der Waals surface area contributed by atoms with Crippen LogP contribution < -0.4 is 9.64 Å². The highest BCUT2D eigenvalue weighted by molar-refractivity contribution is 5.56. The molecule has 2 aliphatic heterocycles. The van der Waals surface area contributed by atoms with Crippen LogP contribution in [0.25, 0.3) is 0 Å². The maximum atomic E-state index is 14.5. The number of halogens is 5. The van der Waals surface area contributed by atoms with Crippen LogP contribution in [0.2, 0.25) is 0 Å². The summed E-state index contributed by atoms with van der Waals surface area (Å²) in [4.78, 5) is 5.23. The van der Waals surface area contributed by atoms with Crippen LogP contribution in [0.3, 0.4) is 0 Å². The number of rotatable bonds is 1. The molecule has 2 unspecified atom stereocenters. The fourth-order valence-corrected chi connectivity index (χ4v) is 3.57. The Hall–Kier alpha value is -1.60. The van der Waals surface area contributed by atoms with Crippen molar-refractivity contribution in [2.75, 3.05) is 18.1 Å². The number of pyridine rings is 1. The molecule has 0 saturated carbocycles. The number of alkyl halides is 5. The second-order valence-corrected chi connectivity index (χ2v) is 6.81. The number of ether oxygens (including phenoxy) is 1.